The Balaban J connectivity index is 2.39. The number of benzene rings is 1. The van der Waals surface area contributed by atoms with E-state index in [1.54, 1.807) is 6.07 Å². The number of fused-ring (bicyclic) bond motifs is 1. The Kier molecular flexibility index (Phi) is 3.74. The van der Waals surface area contributed by atoms with Crippen molar-refractivity contribution in [2.75, 3.05) is 6.54 Å². The summed E-state index contributed by atoms with van der Waals surface area (Å²) in [7, 11) is -3.63. The van der Waals surface area contributed by atoms with Crippen LogP contribution in [0.1, 0.15) is 13.3 Å². The van der Waals surface area contributed by atoms with Crippen LogP contribution in [0.25, 0.3) is 11.0 Å². The third kappa shape index (κ3) is 2.86. The molecule has 8 heteroatoms. The van der Waals surface area contributed by atoms with Crippen molar-refractivity contribution in [3.8, 4) is 0 Å². The van der Waals surface area contributed by atoms with Crippen molar-refractivity contribution >= 4 is 21.1 Å². The highest BCUT2D eigenvalue weighted by atomic mass is 32.2. The fourth-order valence-electron chi connectivity index (χ4n) is 1.76. The quantitative estimate of drug-likeness (QED) is 0.611. The molecule has 7 nitrogen and oxygen atoms in total. The molecule has 0 radical (unpaired) electrons. The predicted molar refractivity (Wildman–Crippen MR) is 72.4 cm³/mol. The number of nitrogens with two attached hydrogens (primary N) is 1. The summed E-state index contributed by atoms with van der Waals surface area (Å²) in [6, 6.07) is 4.10. The maximum absolute atomic E-state index is 12.1. The third-order valence-electron chi connectivity index (χ3n) is 2.90. The molecule has 5 N–H and O–H groups in total. The van der Waals surface area contributed by atoms with Gasteiger partial charge in [-0.3, -0.25) is 0 Å². The van der Waals surface area contributed by atoms with E-state index in [0.717, 1.165) is 0 Å². The van der Waals surface area contributed by atoms with Gasteiger partial charge in [0.2, 0.25) is 10.0 Å². The highest BCUT2D eigenvalue weighted by molar-refractivity contribution is 7.89. The first-order valence-electron chi connectivity index (χ1n) is 5.90. The van der Waals surface area contributed by atoms with Gasteiger partial charge in [0.15, 0.2) is 0 Å². The molecule has 19 heavy (non-hydrogen) atoms. The smallest absolute Gasteiger partial charge is 0.323 e. The Bertz CT molecular complexity index is 728. The van der Waals surface area contributed by atoms with E-state index in [4.69, 9.17) is 5.73 Å². The second kappa shape index (κ2) is 5.16. The van der Waals surface area contributed by atoms with Crippen molar-refractivity contribution in [1.82, 2.24) is 14.7 Å². The van der Waals surface area contributed by atoms with Crippen molar-refractivity contribution in [1.29, 1.82) is 0 Å². The molecule has 104 valence electrons. The van der Waals surface area contributed by atoms with Crippen molar-refractivity contribution in [2.24, 2.45) is 5.73 Å². The molecule has 0 aliphatic rings. The zero-order valence-electron chi connectivity index (χ0n) is 10.4. The molecular formula is C11H16N4O3S. The highest BCUT2D eigenvalue weighted by Gasteiger charge is 2.18. The Hall–Kier alpha value is -1.64. The van der Waals surface area contributed by atoms with Crippen LogP contribution in [0.5, 0.6) is 0 Å². The number of imidazole rings is 1. The minimum Gasteiger partial charge on any atom is -0.329 e. The van der Waals surface area contributed by atoms with Crippen molar-refractivity contribution < 1.29 is 8.42 Å². The molecule has 2 aromatic rings. The summed E-state index contributed by atoms with van der Waals surface area (Å²) in [5.74, 6) is 0. The second-order valence-electron chi connectivity index (χ2n) is 4.25. The van der Waals surface area contributed by atoms with Gasteiger partial charge in [0, 0.05) is 12.6 Å². The molecule has 0 saturated heterocycles. The summed E-state index contributed by atoms with van der Waals surface area (Å²) < 4.78 is 26.8. The van der Waals surface area contributed by atoms with Gasteiger partial charge in [-0.2, -0.15) is 0 Å². The number of sulfonamides is 1. The summed E-state index contributed by atoms with van der Waals surface area (Å²) in [4.78, 5) is 16.3. The summed E-state index contributed by atoms with van der Waals surface area (Å²) in [5.41, 5.74) is 6.13. The first-order chi connectivity index (χ1) is 8.96. The maximum atomic E-state index is 12.1. The zero-order chi connectivity index (χ0) is 14.0. The van der Waals surface area contributed by atoms with E-state index in [0.29, 0.717) is 17.5 Å². The largest absolute Gasteiger partial charge is 0.329 e. The summed E-state index contributed by atoms with van der Waals surface area (Å²) in [6.07, 6.45) is 0.610. The summed E-state index contributed by atoms with van der Waals surface area (Å²) in [6.45, 7) is 2.09. The number of rotatable bonds is 5. The second-order valence-corrected chi connectivity index (χ2v) is 5.96. The van der Waals surface area contributed by atoms with Gasteiger partial charge in [0.1, 0.15) is 0 Å². The van der Waals surface area contributed by atoms with Gasteiger partial charge in [-0.05, 0) is 24.6 Å². The minimum absolute atomic E-state index is 0.0992. The van der Waals surface area contributed by atoms with E-state index in [2.05, 4.69) is 14.7 Å². The molecule has 1 atom stereocenters. The van der Waals surface area contributed by atoms with Gasteiger partial charge >= 0.3 is 5.69 Å². The lowest BCUT2D eigenvalue weighted by molar-refractivity contribution is 0.542. The first-order valence-corrected chi connectivity index (χ1v) is 7.39. The van der Waals surface area contributed by atoms with Crippen LogP contribution >= 0.6 is 0 Å². The van der Waals surface area contributed by atoms with Gasteiger partial charge in [0.05, 0.1) is 15.9 Å². The fourth-order valence-corrected chi connectivity index (χ4v) is 3.12. The van der Waals surface area contributed by atoms with E-state index in [-0.39, 0.29) is 23.2 Å². The average molecular weight is 284 g/mol. The number of aromatic amines is 2. The molecule has 0 aliphatic heterocycles. The summed E-state index contributed by atoms with van der Waals surface area (Å²) in [5, 5.41) is 0. The molecule has 1 aromatic carbocycles. The van der Waals surface area contributed by atoms with Gasteiger partial charge in [0.25, 0.3) is 0 Å². The fraction of sp³-hybridized carbons (Fsp3) is 0.364. The number of hydrogen-bond acceptors (Lipinski definition) is 4. The van der Waals surface area contributed by atoms with Crippen molar-refractivity contribution in [3.63, 3.8) is 0 Å². The predicted octanol–water partition coefficient (Wildman–Crippen LogP) is -0.128. The number of hydrogen-bond donors (Lipinski definition) is 4. The van der Waals surface area contributed by atoms with Gasteiger partial charge in [-0.1, -0.05) is 6.92 Å². The standard InChI is InChI=1S/C11H16N4O3S/c1-2-7(6-12)15-19(17,18)8-3-4-9-10(5-8)14-11(16)13-9/h3-5,7,15H,2,6,12H2,1H3,(H2,13,14,16). The molecule has 2 rings (SSSR count). The molecule has 0 aliphatic carbocycles. The van der Waals surface area contributed by atoms with Gasteiger partial charge in [-0.15, -0.1) is 0 Å². The molecule has 0 spiro atoms. The van der Waals surface area contributed by atoms with Crippen LogP contribution in [0.15, 0.2) is 27.9 Å². The van der Waals surface area contributed by atoms with Crippen LogP contribution < -0.4 is 16.1 Å². The van der Waals surface area contributed by atoms with Crippen molar-refractivity contribution in [2.45, 2.75) is 24.3 Å². The van der Waals surface area contributed by atoms with E-state index in [1.807, 2.05) is 6.92 Å². The monoisotopic (exact) mass is 284 g/mol. The van der Waals surface area contributed by atoms with Gasteiger partial charge < -0.3 is 15.7 Å². The highest BCUT2D eigenvalue weighted by Crippen LogP contribution is 2.15. The minimum atomic E-state index is -3.63. The van der Waals surface area contributed by atoms with E-state index in [1.165, 1.54) is 12.1 Å². The first kappa shape index (κ1) is 13.8. The molecule has 1 unspecified atom stereocenters. The molecule has 0 bridgehead atoms. The molecule has 1 aromatic heterocycles. The van der Waals surface area contributed by atoms with Crippen LogP contribution in [-0.4, -0.2) is 31.0 Å². The third-order valence-corrected chi connectivity index (χ3v) is 4.42. The maximum Gasteiger partial charge on any atom is 0.323 e. The molecule has 0 fully saturated rings. The molecule has 0 saturated carbocycles. The van der Waals surface area contributed by atoms with Crippen LogP contribution in [0.2, 0.25) is 0 Å². The van der Waals surface area contributed by atoms with E-state index < -0.39 is 10.0 Å². The Morgan fingerprint density at radius 3 is 2.63 bits per heavy atom. The Morgan fingerprint density at radius 2 is 2.00 bits per heavy atom. The van der Waals surface area contributed by atoms with Gasteiger partial charge in [-0.25, -0.2) is 17.9 Å². The Labute approximate surface area is 110 Å². The van der Waals surface area contributed by atoms with E-state index >= 15 is 0 Å². The number of nitrogens with one attached hydrogen (secondary N) is 3. The van der Waals surface area contributed by atoms with Crippen molar-refractivity contribution in [3.05, 3.63) is 28.7 Å². The molecule has 1 heterocycles. The van der Waals surface area contributed by atoms with Crippen LogP contribution in [0.3, 0.4) is 0 Å². The van der Waals surface area contributed by atoms with Crippen LogP contribution in [-0.2, 0) is 10.0 Å². The zero-order valence-corrected chi connectivity index (χ0v) is 11.3. The van der Waals surface area contributed by atoms with E-state index in [9.17, 15) is 13.2 Å². The SMILES string of the molecule is CCC(CN)NS(=O)(=O)c1ccc2[nH]c(=O)[nH]c2c1. The topological polar surface area (TPSA) is 121 Å². The normalized spacial score (nSPS) is 13.8. The summed E-state index contributed by atoms with van der Waals surface area (Å²) >= 11 is 0. The number of aromatic nitrogens is 2. The van der Waals surface area contributed by atoms with Crippen LogP contribution in [0, 0.1) is 0 Å². The lowest BCUT2D eigenvalue weighted by atomic mass is 10.2. The molecule has 0 amide bonds. The lowest BCUT2D eigenvalue weighted by Gasteiger charge is -2.14. The molecular weight excluding hydrogens is 268 g/mol. The lowest BCUT2D eigenvalue weighted by Crippen LogP contribution is -2.39. The average Bonchev–Trinajstić information content (AvgIpc) is 2.74. The van der Waals surface area contributed by atoms with Crippen LogP contribution in [0.4, 0.5) is 0 Å². The number of H-pyrrole nitrogens is 2. The Morgan fingerprint density at radius 1 is 1.32 bits per heavy atom.